The van der Waals surface area contributed by atoms with Gasteiger partial charge in [-0.25, -0.2) is 0 Å². The molecule has 17 heavy (non-hydrogen) atoms. The number of ether oxygens (including phenoxy) is 1. The van der Waals surface area contributed by atoms with Gasteiger partial charge in [-0.05, 0) is 30.4 Å². The molecule has 0 aliphatic rings. The van der Waals surface area contributed by atoms with Gasteiger partial charge in [-0.3, -0.25) is 4.79 Å². The summed E-state index contributed by atoms with van der Waals surface area (Å²) in [7, 11) is 1.41. The van der Waals surface area contributed by atoms with Gasteiger partial charge in [0.15, 0.2) is 0 Å². The first-order chi connectivity index (χ1) is 8.17. The third-order valence-electron chi connectivity index (χ3n) is 2.71. The van der Waals surface area contributed by atoms with Crippen LogP contribution in [0.2, 0.25) is 0 Å². The number of benzene rings is 1. The minimum Gasteiger partial charge on any atom is -0.468 e. The Morgan fingerprint density at radius 1 is 1.29 bits per heavy atom. The predicted octanol–water partition coefficient (Wildman–Crippen LogP) is 3.51. The van der Waals surface area contributed by atoms with Gasteiger partial charge in [0.1, 0.15) is 4.83 Å². The highest BCUT2D eigenvalue weighted by atomic mass is 79.9. The van der Waals surface area contributed by atoms with Crippen LogP contribution in [0.25, 0.3) is 0 Å². The van der Waals surface area contributed by atoms with Gasteiger partial charge in [-0.1, -0.05) is 53.5 Å². The molecule has 0 bridgehead atoms. The molecule has 0 N–H and O–H groups in total. The van der Waals surface area contributed by atoms with Crippen LogP contribution in [0.1, 0.15) is 30.9 Å². The van der Waals surface area contributed by atoms with Crippen LogP contribution < -0.4 is 0 Å². The summed E-state index contributed by atoms with van der Waals surface area (Å²) in [5.74, 6) is -0.222. The molecule has 0 spiro atoms. The molecule has 0 aliphatic carbocycles. The standard InChI is InChI=1S/C14H19BrO2/c1-3-4-5-11-6-8-12(9-7-11)10-13(15)14(16)17-2/h6-9,13H,3-5,10H2,1-2H3. The molecule has 0 amide bonds. The molecule has 3 heteroatoms. The number of hydrogen-bond acceptors (Lipinski definition) is 2. The molecular weight excluding hydrogens is 280 g/mol. The lowest BCUT2D eigenvalue weighted by Gasteiger charge is -2.08. The van der Waals surface area contributed by atoms with Crippen LogP contribution in [0.3, 0.4) is 0 Å². The molecule has 0 saturated heterocycles. The van der Waals surface area contributed by atoms with E-state index in [9.17, 15) is 4.79 Å². The van der Waals surface area contributed by atoms with E-state index in [1.54, 1.807) is 0 Å². The number of carbonyl (C=O) groups excluding carboxylic acids is 1. The van der Waals surface area contributed by atoms with E-state index < -0.39 is 0 Å². The SMILES string of the molecule is CCCCc1ccc(CC(Br)C(=O)OC)cc1. The quantitative estimate of drug-likeness (QED) is 0.593. The van der Waals surface area contributed by atoms with Crippen LogP contribution in [0, 0.1) is 0 Å². The van der Waals surface area contributed by atoms with Gasteiger partial charge in [0.05, 0.1) is 7.11 Å². The van der Waals surface area contributed by atoms with E-state index in [-0.39, 0.29) is 10.8 Å². The maximum Gasteiger partial charge on any atom is 0.319 e. The molecule has 0 fully saturated rings. The van der Waals surface area contributed by atoms with Gasteiger partial charge in [0, 0.05) is 0 Å². The Morgan fingerprint density at radius 2 is 1.88 bits per heavy atom. The molecule has 2 nitrogen and oxygen atoms in total. The van der Waals surface area contributed by atoms with Crippen molar-refractivity contribution >= 4 is 21.9 Å². The van der Waals surface area contributed by atoms with Crippen LogP contribution >= 0.6 is 15.9 Å². The lowest BCUT2D eigenvalue weighted by molar-refractivity contribution is -0.139. The largest absolute Gasteiger partial charge is 0.468 e. The van der Waals surface area contributed by atoms with Crippen molar-refractivity contribution in [3.05, 3.63) is 35.4 Å². The Labute approximate surface area is 111 Å². The van der Waals surface area contributed by atoms with Crippen molar-refractivity contribution in [2.75, 3.05) is 7.11 Å². The monoisotopic (exact) mass is 298 g/mol. The molecule has 94 valence electrons. The van der Waals surface area contributed by atoms with Crippen molar-refractivity contribution in [2.24, 2.45) is 0 Å². The summed E-state index contributed by atoms with van der Waals surface area (Å²) in [5.41, 5.74) is 2.51. The number of esters is 1. The number of alkyl halides is 1. The Morgan fingerprint density at radius 3 is 2.41 bits per heavy atom. The van der Waals surface area contributed by atoms with Crippen molar-refractivity contribution in [1.29, 1.82) is 0 Å². The molecule has 1 aromatic rings. The summed E-state index contributed by atoms with van der Waals surface area (Å²) in [5, 5.41) is 0. The number of halogens is 1. The van der Waals surface area contributed by atoms with Crippen LogP contribution in [0.5, 0.6) is 0 Å². The van der Waals surface area contributed by atoms with Gasteiger partial charge in [0.2, 0.25) is 0 Å². The van der Waals surface area contributed by atoms with Crippen LogP contribution in [-0.4, -0.2) is 17.9 Å². The zero-order chi connectivity index (χ0) is 12.7. The van der Waals surface area contributed by atoms with E-state index in [4.69, 9.17) is 0 Å². The third kappa shape index (κ3) is 4.90. The molecule has 0 aromatic heterocycles. The van der Waals surface area contributed by atoms with Crippen LogP contribution in [0.15, 0.2) is 24.3 Å². The van der Waals surface area contributed by atoms with Crippen molar-refractivity contribution in [1.82, 2.24) is 0 Å². The Bertz CT molecular complexity index is 346. The molecule has 0 radical (unpaired) electrons. The zero-order valence-electron chi connectivity index (χ0n) is 10.4. The van der Waals surface area contributed by atoms with Crippen LogP contribution in [-0.2, 0) is 22.4 Å². The molecule has 1 atom stereocenters. The molecule has 0 heterocycles. The Kier molecular flexibility index (Phi) is 6.27. The second-order valence-corrected chi connectivity index (χ2v) is 5.22. The predicted molar refractivity (Wildman–Crippen MR) is 73.5 cm³/mol. The maximum atomic E-state index is 11.3. The molecule has 1 rings (SSSR count). The highest BCUT2D eigenvalue weighted by Gasteiger charge is 2.15. The third-order valence-corrected chi connectivity index (χ3v) is 3.41. The molecule has 0 aliphatic heterocycles. The Hall–Kier alpha value is -0.830. The van der Waals surface area contributed by atoms with E-state index in [1.807, 2.05) is 0 Å². The average Bonchev–Trinajstić information content (AvgIpc) is 2.37. The normalized spacial score (nSPS) is 12.2. The van der Waals surface area contributed by atoms with E-state index in [1.165, 1.54) is 25.5 Å². The van der Waals surface area contributed by atoms with E-state index >= 15 is 0 Å². The number of rotatable bonds is 6. The van der Waals surface area contributed by atoms with Gasteiger partial charge < -0.3 is 4.74 Å². The number of hydrogen-bond donors (Lipinski definition) is 0. The summed E-state index contributed by atoms with van der Waals surface area (Å²) in [6, 6.07) is 8.45. The first-order valence-electron chi connectivity index (χ1n) is 5.97. The fraction of sp³-hybridized carbons (Fsp3) is 0.500. The topological polar surface area (TPSA) is 26.3 Å². The van der Waals surface area contributed by atoms with Gasteiger partial charge in [-0.2, -0.15) is 0 Å². The van der Waals surface area contributed by atoms with Gasteiger partial charge in [0.25, 0.3) is 0 Å². The molecular formula is C14H19BrO2. The lowest BCUT2D eigenvalue weighted by Crippen LogP contribution is -2.17. The first-order valence-corrected chi connectivity index (χ1v) is 6.88. The summed E-state index contributed by atoms with van der Waals surface area (Å²) in [4.78, 5) is 11.0. The second-order valence-electron chi connectivity index (χ2n) is 4.11. The fourth-order valence-corrected chi connectivity index (χ4v) is 2.20. The van der Waals surface area contributed by atoms with Crippen molar-refractivity contribution < 1.29 is 9.53 Å². The number of carbonyl (C=O) groups is 1. The van der Waals surface area contributed by atoms with Crippen LogP contribution in [0.4, 0.5) is 0 Å². The van der Waals surface area contributed by atoms with Gasteiger partial charge in [-0.15, -0.1) is 0 Å². The Balaban J connectivity index is 2.53. The van der Waals surface area contributed by atoms with Crippen molar-refractivity contribution in [3.8, 4) is 0 Å². The number of methoxy groups -OCH3 is 1. The van der Waals surface area contributed by atoms with Crippen molar-refractivity contribution in [3.63, 3.8) is 0 Å². The van der Waals surface area contributed by atoms with E-state index in [0.717, 1.165) is 12.0 Å². The summed E-state index contributed by atoms with van der Waals surface area (Å²) in [6.07, 6.45) is 4.24. The van der Waals surface area contributed by atoms with Gasteiger partial charge >= 0.3 is 5.97 Å². The molecule has 1 unspecified atom stereocenters. The van der Waals surface area contributed by atoms with E-state index in [2.05, 4.69) is 51.9 Å². The molecule has 0 saturated carbocycles. The highest BCUT2D eigenvalue weighted by molar-refractivity contribution is 9.10. The van der Waals surface area contributed by atoms with Crippen molar-refractivity contribution in [2.45, 2.75) is 37.4 Å². The summed E-state index contributed by atoms with van der Waals surface area (Å²) >= 11 is 3.33. The highest BCUT2D eigenvalue weighted by Crippen LogP contribution is 2.13. The number of aryl methyl sites for hydroxylation is 1. The summed E-state index contributed by atoms with van der Waals surface area (Å²) < 4.78 is 4.68. The fourth-order valence-electron chi connectivity index (χ4n) is 1.64. The minimum absolute atomic E-state index is 0.222. The zero-order valence-corrected chi connectivity index (χ0v) is 12.0. The maximum absolute atomic E-state index is 11.3. The average molecular weight is 299 g/mol. The lowest BCUT2D eigenvalue weighted by atomic mass is 10.0. The first kappa shape index (κ1) is 14.2. The number of unbranched alkanes of at least 4 members (excludes halogenated alkanes) is 1. The summed E-state index contributed by atoms with van der Waals surface area (Å²) in [6.45, 7) is 2.19. The molecule has 1 aromatic carbocycles. The minimum atomic E-state index is -0.256. The second kappa shape index (κ2) is 7.49. The van der Waals surface area contributed by atoms with E-state index in [0.29, 0.717) is 6.42 Å². The smallest absolute Gasteiger partial charge is 0.319 e.